The van der Waals surface area contributed by atoms with E-state index in [2.05, 4.69) is 49.7 Å². The third kappa shape index (κ3) is 6.56. The van der Waals surface area contributed by atoms with Gasteiger partial charge >= 0.3 is 0 Å². The molecule has 2 saturated heterocycles. The van der Waals surface area contributed by atoms with Crippen LogP contribution in [0.5, 0.6) is 0 Å². The van der Waals surface area contributed by atoms with E-state index in [-0.39, 0.29) is 28.7 Å². The van der Waals surface area contributed by atoms with Crippen molar-refractivity contribution in [2.75, 3.05) is 45.1 Å². The lowest BCUT2D eigenvalue weighted by Gasteiger charge is -2.39. The molecule has 2 atom stereocenters. The van der Waals surface area contributed by atoms with Crippen LogP contribution in [0, 0.1) is 11.8 Å². The van der Waals surface area contributed by atoms with E-state index in [0.29, 0.717) is 0 Å². The van der Waals surface area contributed by atoms with E-state index >= 15 is 0 Å². The Bertz CT molecular complexity index is 373. The van der Waals surface area contributed by atoms with Crippen LogP contribution in [0.2, 0.25) is 0 Å². The fourth-order valence-electron chi connectivity index (χ4n) is 3.88. The highest BCUT2D eigenvalue weighted by Gasteiger charge is 2.33. The number of piperidine rings is 1. The third-order valence-corrected chi connectivity index (χ3v) is 6.31. The van der Waals surface area contributed by atoms with Crippen molar-refractivity contribution >= 4 is 41.7 Å². The molecule has 2 fully saturated rings. The van der Waals surface area contributed by atoms with Gasteiger partial charge in [-0.05, 0) is 43.8 Å². The molecule has 0 bridgehead atoms. The number of ether oxygens (including phenoxy) is 1. The summed E-state index contributed by atoms with van der Waals surface area (Å²) in [6.45, 7) is 15.0. The van der Waals surface area contributed by atoms with Crippen LogP contribution in [-0.4, -0.2) is 60.8 Å². The van der Waals surface area contributed by atoms with E-state index in [1.54, 1.807) is 0 Å². The van der Waals surface area contributed by atoms with Gasteiger partial charge in [0.15, 0.2) is 5.96 Å². The van der Waals surface area contributed by atoms with Crippen molar-refractivity contribution in [1.82, 2.24) is 10.2 Å². The minimum Gasteiger partial charge on any atom is -0.381 e. The number of nitrogens with zero attached hydrogens (tertiary/aromatic N) is 2. The predicted molar refractivity (Wildman–Crippen MR) is 117 cm³/mol. The Labute approximate surface area is 170 Å². The van der Waals surface area contributed by atoms with Gasteiger partial charge in [-0.25, -0.2) is 0 Å². The van der Waals surface area contributed by atoms with Gasteiger partial charge in [-0.2, -0.15) is 11.8 Å². The van der Waals surface area contributed by atoms with E-state index in [1.807, 2.05) is 0 Å². The second kappa shape index (κ2) is 11.1. The minimum absolute atomic E-state index is 0. The molecule has 0 radical (unpaired) electrons. The van der Waals surface area contributed by atoms with Gasteiger partial charge in [0.1, 0.15) is 0 Å². The summed E-state index contributed by atoms with van der Waals surface area (Å²) >= 11 is 2.07. The van der Waals surface area contributed by atoms with E-state index in [4.69, 9.17) is 9.73 Å². The van der Waals surface area contributed by atoms with Gasteiger partial charge in [0.25, 0.3) is 0 Å². The summed E-state index contributed by atoms with van der Waals surface area (Å²) in [6.07, 6.45) is 3.59. The van der Waals surface area contributed by atoms with Crippen LogP contribution in [0.4, 0.5) is 0 Å². The van der Waals surface area contributed by atoms with Crippen molar-refractivity contribution in [3.63, 3.8) is 0 Å². The van der Waals surface area contributed by atoms with Gasteiger partial charge in [0.2, 0.25) is 0 Å². The fourth-order valence-corrected chi connectivity index (χ4v) is 5.10. The second-order valence-corrected chi connectivity index (χ2v) is 8.98. The third-order valence-electron chi connectivity index (χ3n) is 4.87. The van der Waals surface area contributed by atoms with Crippen molar-refractivity contribution in [3.8, 4) is 0 Å². The summed E-state index contributed by atoms with van der Waals surface area (Å²) in [4.78, 5) is 7.55. The molecule has 4 nitrogen and oxygen atoms in total. The zero-order valence-corrected chi connectivity index (χ0v) is 19.0. The van der Waals surface area contributed by atoms with Crippen molar-refractivity contribution in [2.45, 2.75) is 51.7 Å². The van der Waals surface area contributed by atoms with Crippen LogP contribution in [0.25, 0.3) is 0 Å². The van der Waals surface area contributed by atoms with Crippen LogP contribution in [0.1, 0.15) is 47.0 Å². The Morgan fingerprint density at radius 2 is 1.83 bits per heavy atom. The number of likely N-dealkylation sites (tertiary alicyclic amines) is 1. The first-order chi connectivity index (χ1) is 11.1. The number of aliphatic imine (C=N–C) groups is 1. The summed E-state index contributed by atoms with van der Waals surface area (Å²) in [5.41, 5.74) is 0. The molecule has 0 spiro atoms. The highest BCUT2D eigenvalue weighted by molar-refractivity contribution is 14.0. The monoisotopic (exact) mass is 469 g/mol. The minimum atomic E-state index is 0. The largest absolute Gasteiger partial charge is 0.381 e. The number of halogens is 1. The Morgan fingerprint density at radius 3 is 2.38 bits per heavy atom. The topological polar surface area (TPSA) is 36.9 Å². The summed E-state index contributed by atoms with van der Waals surface area (Å²) < 4.78 is 5.86. The normalized spacial score (nSPS) is 27.5. The Hall–Kier alpha value is 0.310. The molecular weight excluding hydrogens is 433 g/mol. The number of nitrogens with one attached hydrogen (secondary N) is 1. The SMILES string of the molecule is CCNC(=NCC1(SCC)CCOCC1)N1CC(C)CC(C)C1.I. The summed E-state index contributed by atoms with van der Waals surface area (Å²) in [7, 11) is 0. The molecule has 142 valence electrons. The lowest BCUT2D eigenvalue weighted by atomic mass is 9.92. The molecule has 0 aromatic rings. The van der Waals surface area contributed by atoms with Crippen molar-refractivity contribution in [3.05, 3.63) is 0 Å². The molecule has 0 amide bonds. The van der Waals surface area contributed by atoms with Crippen molar-refractivity contribution in [1.29, 1.82) is 0 Å². The van der Waals surface area contributed by atoms with Crippen molar-refractivity contribution < 1.29 is 4.74 Å². The first-order valence-corrected chi connectivity index (χ1v) is 10.3. The highest BCUT2D eigenvalue weighted by atomic mass is 127. The number of hydrogen-bond donors (Lipinski definition) is 1. The lowest BCUT2D eigenvalue weighted by Crippen LogP contribution is -2.49. The lowest BCUT2D eigenvalue weighted by molar-refractivity contribution is 0.0792. The molecule has 0 aliphatic carbocycles. The van der Waals surface area contributed by atoms with Crippen LogP contribution in [0.3, 0.4) is 0 Å². The maximum atomic E-state index is 5.58. The van der Waals surface area contributed by atoms with Gasteiger partial charge < -0.3 is 15.0 Å². The summed E-state index contributed by atoms with van der Waals surface area (Å²) in [6, 6.07) is 0. The fraction of sp³-hybridized carbons (Fsp3) is 0.944. The van der Waals surface area contributed by atoms with Gasteiger partial charge in [-0.1, -0.05) is 20.8 Å². The smallest absolute Gasteiger partial charge is 0.193 e. The average molecular weight is 469 g/mol. The van der Waals surface area contributed by atoms with Crippen LogP contribution in [0.15, 0.2) is 4.99 Å². The Balaban J connectivity index is 0.00000288. The maximum absolute atomic E-state index is 5.58. The molecule has 24 heavy (non-hydrogen) atoms. The van der Waals surface area contributed by atoms with Crippen molar-refractivity contribution in [2.24, 2.45) is 16.8 Å². The molecule has 2 aliphatic rings. The molecule has 1 N–H and O–H groups in total. The summed E-state index contributed by atoms with van der Waals surface area (Å²) in [5.74, 6) is 3.78. The Kier molecular flexibility index (Phi) is 10.4. The molecule has 0 aromatic heterocycles. The van der Waals surface area contributed by atoms with Gasteiger partial charge in [0, 0.05) is 37.6 Å². The van der Waals surface area contributed by atoms with Gasteiger partial charge in [-0.3, -0.25) is 4.99 Å². The zero-order chi connectivity index (χ0) is 16.7. The quantitative estimate of drug-likeness (QED) is 0.377. The molecule has 2 heterocycles. The van der Waals surface area contributed by atoms with Gasteiger partial charge in [-0.15, -0.1) is 24.0 Å². The predicted octanol–water partition coefficient (Wildman–Crippen LogP) is 3.85. The average Bonchev–Trinajstić information content (AvgIpc) is 2.52. The van der Waals surface area contributed by atoms with Gasteiger partial charge in [0.05, 0.1) is 6.54 Å². The number of thioether (sulfide) groups is 1. The first kappa shape index (κ1) is 22.4. The van der Waals surface area contributed by atoms with E-state index in [0.717, 1.165) is 75.8 Å². The molecular formula is C18H36IN3OS. The van der Waals surface area contributed by atoms with Crippen LogP contribution < -0.4 is 5.32 Å². The molecule has 2 rings (SSSR count). The standard InChI is InChI=1S/C18H35N3OS.HI/c1-5-19-17(21-12-15(3)11-16(4)13-21)20-14-18(23-6-2)7-9-22-10-8-18;/h15-16H,5-14H2,1-4H3,(H,19,20);1H. The summed E-state index contributed by atoms with van der Waals surface area (Å²) in [5, 5.41) is 3.53. The number of guanidine groups is 1. The highest BCUT2D eigenvalue weighted by Crippen LogP contribution is 2.35. The molecule has 0 saturated carbocycles. The van der Waals surface area contributed by atoms with E-state index < -0.39 is 0 Å². The molecule has 0 aromatic carbocycles. The van der Waals surface area contributed by atoms with Crippen LogP contribution in [-0.2, 0) is 4.74 Å². The van der Waals surface area contributed by atoms with E-state index in [1.165, 1.54) is 6.42 Å². The maximum Gasteiger partial charge on any atom is 0.193 e. The molecule has 2 aliphatic heterocycles. The first-order valence-electron chi connectivity index (χ1n) is 9.33. The van der Waals surface area contributed by atoms with E-state index in [9.17, 15) is 0 Å². The second-order valence-electron chi connectivity index (χ2n) is 7.25. The Morgan fingerprint density at radius 1 is 1.21 bits per heavy atom. The number of rotatable bonds is 5. The zero-order valence-electron chi connectivity index (χ0n) is 15.8. The number of hydrogen-bond acceptors (Lipinski definition) is 3. The van der Waals surface area contributed by atoms with Crippen LogP contribution >= 0.6 is 35.7 Å². The molecule has 2 unspecified atom stereocenters. The molecule has 6 heteroatoms.